The maximum Gasteiger partial charge on any atom is 0.488 e. The highest BCUT2D eigenvalue weighted by atomic mass is 16.4. The second-order valence-corrected chi connectivity index (χ2v) is 4.98. The van der Waals surface area contributed by atoms with Crippen LogP contribution in [0.3, 0.4) is 0 Å². The van der Waals surface area contributed by atoms with Crippen LogP contribution >= 0.6 is 0 Å². The molecule has 0 saturated heterocycles. The van der Waals surface area contributed by atoms with Crippen LogP contribution in [0.25, 0.3) is 0 Å². The van der Waals surface area contributed by atoms with E-state index in [0.717, 1.165) is 12.8 Å². The van der Waals surface area contributed by atoms with Gasteiger partial charge in [0.2, 0.25) is 0 Å². The van der Waals surface area contributed by atoms with Crippen molar-refractivity contribution in [1.29, 1.82) is 0 Å². The minimum Gasteiger partial charge on any atom is -0.423 e. The number of nitrogens with one attached hydrogen (secondary N) is 1. The minimum absolute atomic E-state index is 0.0820. The van der Waals surface area contributed by atoms with Crippen molar-refractivity contribution in [2.24, 2.45) is 0 Å². The standard InChI is InChI=1S/C13H18BNO4/c16-12-6-4-11(5-7-12)15-13(17)9-2-1-3-10(8-9)14(18)19/h1-3,8,11-12,16,18-19H,4-7H2,(H,15,17). The van der Waals surface area contributed by atoms with Crippen molar-refractivity contribution in [1.82, 2.24) is 5.32 Å². The molecule has 0 radical (unpaired) electrons. The van der Waals surface area contributed by atoms with E-state index in [1.807, 2.05) is 0 Å². The summed E-state index contributed by atoms with van der Waals surface area (Å²) in [6.45, 7) is 0. The van der Waals surface area contributed by atoms with Gasteiger partial charge >= 0.3 is 7.12 Å². The van der Waals surface area contributed by atoms with Crippen molar-refractivity contribution >= 4 is 18.5 Å². The summed E-state index contributed by atoms with van der Waals surface area (Å²) >= 11 is 0. The Morgan fingerprint density at radius 3 is 2.53 bits per heavy atom. The topological polar surface area (TPSA) is 89.8 Å². The predicted molar refractivity (Wildman–Crippen MR) is 72.0 cm³/mol. The fourth-order valence-corrected chi connectivity index (χ4v) is 2.33. The third kappa shape index (κ3) is 3.80. The summed E-state index contributed by atoms with van der Waals surface area (Å²) in [6, 6.07) is 6.36. The van der Waals surface area contributed by atoms with Crippen LogP contribution in [-0.4, -0.2) is 40.3 Å². The molecule has 2 rings (SSSR count). The Hall–Kier alpha value is -1.37. The lowest BCUT2D eigenvalue weighted by Crippen LogP contribution is -2.39. The van der Waals surface area contributed by atoms with Crippen molar-refractivity contribution in [2.45, 2.75) is 37.8 Å². The van der Waals surface area contributed by atoms with Crippen LogP contribution in [0, 0.1) is 0 Å². The molecule has 6 heteroatoms. The Kier molecular flexibility index (Phi) is 4.58. The molecule has 0 aliphatic heterocycles. The van der Waals surface area contributed by atoms with E-state index in [2.05, 4.69) is 5.32 Å². The van der Waals surface area contributed by atoms with Crippen molar-refractivity contribution in [3.63, 3.8) is 0 Å². The van der Waals surface area contributed by atoms with Crippen LogP contribution in [0.5, 0.6) is 0 Å². The second-order valence-electron chi connectivity index (χ2n) is 4.98. The van der Waals surface area contributed by atoms with Crippen LogP contribution in [0.15, 0.2) is 24.3 Å². The van der Waals surface area contributed by atoms with E-state index >= 15 is 0 Å². The van der Waals surface area contributed by atoms with Gasteiger partial charge in [0.25, 0.3) is 5.91 Å². The van der Waals surface area contributed by atoms with Gasteiger partial charge < -0.3 is 20.5 Å². The summed E-state index contributed by atoms with van der Waals surface area (Å²) in [7, 11) is -1.57. The summed E-state index contributed by atoms with van der Waals surface area (Å²) in [4.78, 5) is 12.0. The van der Waals surface area contributed by atoms with Crippen molar-refractivity contribution in [2.75, 3.05) is 0 Å². The largest absolute Gasteiger partial charge is 0.488 e. The van der Waals surface area contributed by atoms with Crippen molar-refractivity contribution in [3.8, 4) is 0 Å². The predicted octanol–water partition coefficient (Wildman–Crippen LogP) is -0.600. The molecule has 0 spiro atoms. The van der Waals surface area contributed by atoms with E-state index in [4.69, 9.17) is 10.0 Å². The van der Waals surface area contributed by atoms with Gasteiger partial charge in [-0.05, 0) is 43.3 Å². The zero-order valence-electron chi connectivity index (χ0n) is 10.6. The molecule has 1 aliphatic carbocycles. The Morgan fingerprint density at radius 1 is 1.21 bits per heavy atom. The molecule has 1 aliphatic rings. The summed E-state index contributed by atoms with van der Waals surface area (Å²) in [5, 5.41) is 30.5. The number of amides is 1. The molecule has 0 aromatic heterocycles. The molecule has 4 N–H and O–H groups in total. The number of hydrogen-bond acceptors (Lipinski definition) is 4. The van der Waals surface area contributed by atoms with E-state index in [1.165, 1.54) is 6.07 Å². The Balaban J connectivity index is 1.98. The number of rotatable bonds is 3. The second kappa shape index (κ2) is 6.19. The SMILES string of the molecule is O=C(NC1CCC(O)CC1)c1cccc(B(O)O)c1. The monoisotopic (exact) mass is 263 g/mol. The molecule has 5 nitrogen and oxygen atoms in total. The number of benzene rings is 1. The first-order valence-electron chi connectivity index (χ1n) is 6.51. The van der Waals surface area contributed by atoms with Crippen LogP contribution in [0.4, 0.5) is 0 Å². The highest BCUT2D eigenvalue weighted by Crippen LogP contribution is 2.18. The molecular weight excluding hydrogens is 245 g/mol. The van der Waals surface area contributed by atoms with Gasteiger partial charge in [-0.25, -0.2) is 0 Å². The first kappa shape index (κ1) is 14.1. The number of aliphatic hydroxyl groups excluding tert-OH is 1. The van der Waals surface area contributed by atoms with E-state index in [0.29, 0.717) is 23.9 Å². The molecule has 1 saturated carbocycles. The number of carbonyl (C=O) groups is 1. The molecule has 19 heavy (non-hydrogen) atoms. The maximum atomic E-state index is 12.0. The van der Waals surface area contributed by atoms with Gasteiger partial charge in [-0.1, -0.05) is 12.1 Å². The van der Waals surface area contributed by atoms with Crippen LogP contribution in [-0.2, 0) is 0 Å². The quantitative estimate of drug-likeness (QED) is 0.548. The summed E-state index contributed by atoms with van der Waals surface area (Å²) < 4.78 is 0. The first-order valence-corrected chi connectivity index (χ1v) is 6.51. The lowest BCUT2D eigenvalue weighted by molar-refractivity contribution is 0.0867. The normalized spacial score (nSPS) is 22.9. The van der Waals surface area contributed by atoms with Crippen LogP contribution in [0.1, 0.15) is 36.0 Å². The zero-order valence-corrected chi connectivity index (χ0v) is 10.6. The molecular formula is C13H18BNO4. The number of aliphatic hydroxyl groups is 1. The molecule has 0 bridgehead atoms. The molecule has 1 aromatic rings. The van der Waals surface area contributed by atoms with Gasteiger partial charge in [-0.3, -0.25) is 4.79 Å². The first-order chi connectivity index (χ1) is 9.06. The lowest BCUT2D eigenvalue weighted by Gasteiger charge is -2.26. The zero-order chi connectivity index (χ0) is 13.8. The third-order valence-electron chi connectivity index (χ3n) is 3.48. The van der Waals surface area contributed by atoms with E-state index in [1.54, 1.807) is 18.2 Å². The van der Waals surface area contributed by atoms with Gasteiger partial charge in [0, 0.05) is 11.6 Å². The van der Waals surface area contributed by atoms with Gasteiger partial charge in [0.1, 0.15) is 0 Å². The third-order valence-corrected chi connectivity index (χ3v) is 3.48. The van der Waals surface area contributed by atoms with Gasteiger partial charge in [0.15, 0.2) is 0 Å². The highest BCUT2D eigenvalue weighted by molar-refractivity contribution is 6.58. The van der Waals surface area contributed by atoms with Crippen LogP contribution in [0.2, 0.25) is 0 Å². The number of hydrogen-bond donors (Lipinski definition) is 4. The molecule has 102 valence electrons. The molecule has 1 fully saturated rings. The summed E-state index contributed by atoms with van der Waals surface area (Å²) in [5.74, 6) is -0.219. The van der Waals surface area contributed by atoms with E-state index < -0.39 is 7.12 Å². The molecule has 0 heterocycles. The summed E-state index contributed by atoms with van der Waals surface area (Å²) in [6.07, 6.45) is 2.71. The number of carbonyl (C=O) groups excluding carboxylic acids is 1. The maximum absolute atomic E-state index is 12.0. The fraction of sp³-hybridized carbons (Fsp3) is 0.462. The molecule has 0 atom stereocenters. The van der Waals surface area contributed by atoms with E-state index in [-0.39, 0.29) is 18.1 Å². The molecule has 1 aromatic carbocycles. The highest BCUT2D eigenvalue weighted by Gasteiger charge is 2.21. The van der Waals surface area contributed by atoms with Gasteiger partial charge in [-0.15, -0.1) is 0 Å². The minimum atomic E-state index is -1.57. The Morgan fingerprint density at radius 2 is 1.89 bits per heavy atom. The Labute approximate surface area is 112 Å². The fourth-order valence-electron chi connectivity index (χ4n) is 2.33. The van der Waals surface area contributed by atoms with E-state index in [9.17, 15) is 9.90 Å². The smallest absolute Gasteiger partial charge is 0.423 e. The van der Waals surface area contributed by atoms with Gasteiger partial charge in [0.05, 0.1) is 6.10 Å². The van der Waals surface area contributed by atoms with Crippen molar-refractivity contribution < 1.29 is 19.9 Å². The Bertz CT molecular complexity index is 444. The summed E-state index contributed by atoms with van der Waals surface area (Å²) in [5.41, 5.74) is 0.712. The lowest BCUT2D eigenvalue weighted by atomic mass is 9.79. The van der Waals surface area contributed by atoms with Crippen molar-refractivity contribution in [3.05, 3.63) is 29.8 Å². The van der Waals surface area contributed by atoms with Crippen LogP contribution < -0.4 is 10.8 Å². The van der Waals surface area contributed by atoms with Gasteiger partial charge in [-0.2, -0.15) is 0 Å². The average Bonchev–Trinajstić information content (AvgIpc) is 2.41. The molecule has 1 amide bonds. The molecule has 0 unspecified atom stereocenters. The average molecular weight is 263 g/mol.